The number of piperidine rings is 1. The molecule has 1 fully saturated rings. The minimum absolute atomic E-state index is 0.172. The first kappa shape index (κ1) is 13.3. The molecule has 16 heavy (non-hydrogen) atoms. The Bertz CT molecular complexity index is 262. The molecule has 2 unspecified atom stereocenters. The summed E-state index contributed by atoms with van der Waals surface area (Å²) in [5, 5.41) is 0. The van der Waals surface area contributed by atoms with Crippen LogP contribution in [0.1, 0.15) is 27.2 Å². The lowest BCUT2D eigenvalue weighted by molar-refractivity contribution is -0.147. The van der Waals surface area contributed by atoms with Gasteiger partial charge in [0.1, 0.15) is 6.17 Å². The second-order valence-electron chi connectivity index (χ2n) is 5.36. The molecule has 2 nitrogen and oxygen atoms in total. The van der Waals surface area contributed by atoms with Crippen LogP contribution in [0.3, 0.4) is 0 Å². The van der Waals surface area contributed by atoms with Crippen LogP contribution in [0.2, 0.25) is 0 Å². The highest BCUT2D eigenvalue weighted by Gasteiger charge is 2.39. The molecule has 1 amide bonds. The van der Waals surface area contributed by atoms with Crippen LogP contribution in [-0.4, -0.2) is 36.5 Å². The van der Waals surface area contributed by atoms with E-state index in [1.54, 1.807) is 0 Å². The highest BCUT2D eigenvalue weighted by atomic mass is 19.3. The molecule has 0 N–H and O–H groups in total. The Labute approximate surface area is 93.8 Å². The third-order valence-electron chi connectivity index (χ3n) is 3.15. The summed E-state index contributed by atoms with van der Waals surface area (Å²) >= 11 is 0. The predicted molar refractivity (Wildman–Crippen MR) is 55.0 cm³/mol. The summed E-state index contributed by atoms with van der Waals surface area (Å²) in [4.78, 5) is 11.9. The molecule has 0 aromatic rings. The lowest BCUT2D eigenvalue weighted by atomic mass is 9.74. The average molecular weight is 237 g/mol. The zero-order valence-corrected chi connectivity index (χ0v) is 9.84. The van der Waals surface area contributed by atoms with E-state index in [4.69, 9.17) is 0 Å². The lowest BCUT2D eigenvalue weighted by Gasteiger charge is -2.41. The fourth-order valence-electron chi connectivity index (χ4n) is 2.22. The van der Waals surface area contributed by atoms with Gasteiger partial charge in [0.25, 0.3) is 5.91 Å². The Kier molecular flexibility index (Phi) is 3.86. The molecule has 5 heteroatoms. The van der Waals surface area contributed by atoms with Crippen LogP contribution < -0.4 is 0 Å². The summed E-state index contributed by atoms with van der Waals surface area (Å²) < 4.78 is 38.1. The van der Waals surface area contributed by atoms with E-state index >= 15 is 0 Å². The fraction of sp³-hybridized carbons (Fsp3) is 0.909. The maximum absolute atomic E-state index is 13.8. The van der Waals surface area contributed by atoms with Crippen molar-refractivity contribution in [2.24, 2.45) is 11.3 Å². The number of carbonyl (C=O) groups is 1. The van der Waals surface area contributed by atoms with Crippen molar-refractivity contribution in [1.29, 1.82) is 0 Å². The zero-order valence-electron chi connectivity index (χ0n) is 9.84. The maximum atomic E-state index is 13.8. The monoisotopic (exact) mass is 237 g/mol. The summed E-state index contributed by atoms with van der Waals surface area (Å²) in [5.41, 5.74) is -0.195. The van der Waals surface area contributed by atoms with Gasteiger partial charge in [-0.1, -0.05) is 20.8 Å². The number of rotatable bonds is 1. The third kappa shape index (κ3) is 2.89. The van der Waals surface area contributed by atoms with Gasteiger partial charge in [0.2, 0.25) is 0 Å². The standard InChI is InChI=1S/C11H18F3NO/c1-11(2,3)7-4-5-15(6-8(7)12)10(16)9(13)14/h7-9H,4-6H2,1-3H3. The van der Waals surface area contributed by atoms with Crippen molar-refractivity contribution in [3.8, 4) is 0 Å². The van der Waals surface area contributed by atoms with E-state index in [0.717, 1.165) is 4.90 Å². The molecule has 1 rings (SSSR count). The smallest absolute Gasteiger partial charge is 0.315 e. The summed E-state index contributed by atoms with van der Waals surface area (Å²) in [7, 11) is 0. The van der Waals surface area contributed by atoms with Crippen LogP contribution in [0.25, 0.3) is 0 Å². The van der Waals surface area contributed by atoms with Gasteiger partial charge in [-0.2, -0.15) is 8.78 Å². The average Bonchev–Trinajstić information content (AvgIpc) is 2.14. The number of hydrogen-bond acceptors (Lipinski definition) is 1. The number of nitrogens with zero attached hydrogens (tertiary/aromatic N) is 1. The van der Waals surface area contributed by atoms with Gasteiger partial charge in [0, 0.05) is 6.54 Å². The first-order valence-electron chi connectivity index (χ1n) is 5.44. The minimum Gasteiger partial charge on any atom is -0.335 e. The first-order chi connectivity index (χ1) is 7.23. The second kappa shape index (κ2) is 4.63. The molecule has 0 aliphatic carbocycles. The predicted octanol–water partition coefficient (Wildman–Crippen LogP) is 2.48. The topological polar surface area (TPSA) is 20.3 Å². The number of hydrogen-bond donors (Lipinski definition) is 0. The zero-order chi connectivity index (χ0) is 12.5. The quantitative estimate of drug-likeness (QED) is 0.686. The molecule has 0 saturated carbocycles. The molecule has 1 saturated heterocycles. The second-order valence-corrected chi connectivity index (χ2v) is 5.36. The highest BCUT2D eigenvalue weighted by molar-refractivity contribution is 5.79. The molecular weight excluding hydrogens is 219 g/mol. The third-order valence-corrected chi connectivity index (χ3v) is 3.15. The van der Waals surface area contributed by atoms with E-state index in [0.29, 0.717) is 6.42 Å². The summed E-state index contributed by atoms with van der Waals surface area (Å²) in [6.07, 6.45) is -3.79. The highest BCUT2D eigenvalue weighted by Crippen LogP contribution is 2.36. The molecule has 94 valence electrons. The van der Waals surface area contributed by atoms with Crippen LogP contribution in [-0.2, 0) is 4.79 Å². The van der Waals surface area contributed by atoms with Crippen LogP contribution >= 0.6 is 0 Å². The van der Waals surface area contributed by atoms with Gasteiger partial charge >= 0.3 is 6.43 Å². The van der Waals surface area contributed by atoms with Crippen molar-refractivity contribution in [3.05, 3.63) is 0 Å². The molecule has 0 bridgehead atoms. The SMILES string of the molecule is CC(C)(C)C1CCN(C(=O)C(F)F)CC1F. The van der Waals surface area contributed by atoms with Gasteiger partial charge in [0.15, 0.2) is 0 Å². The fourth-order valence-corrected chi connectivity index (χ4v) is 2.22. The van der Waals surface area contributed by atoms with Crippen molar-refractivity contribution in [2.45, 2.75) is 39.8 Å². The minimum atomic E-state index is -3.03. The van der Waals surface area contributed by atoms with Crippen molar-refractivity contribution in [1.82, 2.24) is 4.90 Å². The molecule has 2 atom stereocenters. The van der Waals surface area contributed by atoms with E-state index in [1.807, 2.05) is 20.8 Å². The van der Waals surface area contributed by atoms with E-state index in [9.17, 15) is 18.0 Å². The number of carbonyl (C=O) groups excluding carboxylic acids is 1. The molecule has 1 aliphatic heterocycles. The van der Waals surface area contributed by atoms with Crippen molar-refractivity contribution >= 4 is 5.91 Å². The van der Waals surface area contributed by atoms with Gasteiger partial charge < -0.3 is 4.90 Å². The maximum Gasteiger partial charge on any atom is 0.315 e. The van der Waals surface area contributed by atoms with Crippen LogP contribution in [0.5, 0.6) is 0 Å². The van der Waals surface area contributed by atoms with Crippen molar-refractivity contribution in [2.75, 3.05) is 13.1 Å². The molecule has 1 aliphatic rings. The van der Waals surface area contributed by atoms with E-state index < -0.39 is 18.5 Å². The Hall–Kier alpha value is -0.740. The van der Waals surface area contributed by atoms with E-state index in [2.05, 4.69) is 0 Å². The Balaban J connectivity index is 2.62. The largest absolute Gasteiger partial charge is 0.335 e. The van der Waals surface area contributed by atoms with Crippen LogP contribution in [0.15, 0.2) is 0 Å². The number of likely N-dealkylation sites (tertiary alicyclic amines) is 1. The number of alkyl halides is 3. The van der Waals surface area contributed by atoms with Gasteiger partial charge in [0.05, 0.1) is 6.54 Å². The molecule has 0 spiro atoms. The van der Waals surface area contributed by atoms with Crippen molar-refractivity contribution in [3.63, 3.8) is 0 Å². The summed E-state index contributed by atoms with van der Waals surface area (Å²) in [5.74, 6) is -1.43. The Morgan fingerprint density at radius 2 is 1.94 bits per heavy atom. The molecule has 0 aromatic carbocycles. The van der Waals surface area contributed by atoms with Gasteiger partial charge in [-0.25, -0.2) is 4.39 Å². The molecule has 1 heterocycles. The normalized spacial score (nSPS) is 27.3. The van der Waals surface area contributed by atoms with Crippen molar-refractivity contribution < 1.29 is 18.0 Å². The molecule has 0 radical (unpaired) electrons. The first-order valence-corrected chi connectivity index (χ1v) is 5.44. The summed E-state index contributed by atoms with van der Waals surface area (Å²) in [6.45, 7) is 5.80. The van der Waals surface area contributed by atoms with E-state index in [1.165, 1.54) is 0 Å². The summed E-state index contributed by atoms with van der Waals surface area (Å²) in [6, 6.07) is 0. The van der Waals surface area contributed by atoms with Gasteiger partial charge in [-0.3, -0.25) is 4.79 Å². The van der Waals surface area contributed by atoms with Gasteiger partial charge in [-0.05, 0) is 17.8 Å². The Morgan fingerprint density at radius 3 is 2.31 bits per heavy atom. The molecular formula is C11H18F3NO. The van der Waals surface area contributed by atoms with Gasteiger partial charge in [-0.15, -0.1) is 0 Å². The Morgan fingerprint density at radius 1 is 1.38 bits per heavy atom. The van der Waals surface area contributed by atoms with E-state index in [-0.39, 0.29) is 24.4 Å². The molecule has 0 aromatic heterocycles. The number of amides is 1. The van der Waals surface area contributed by atoms with Crippen LogP contribution in [0.4, 0.5) is 13.2 Å². The number of halogens is 3. The van der Waals surface area contributed by atoms with Crippen LogP contribution in [0, 0.1) is 11.3 Å². The lowest BCUT2D eigenvalue weighted by Crippen LogP contribution is -2.49.